The Balaban J connectivity index is 1.81. The lowest BCUT2D eigenvalue weighted by molar-refractivity contribution is -0.115. The number of halogens is 1. The molecule has 0 saturated carbocycles. The lowest BCUT2D eigenvalue weighted by Gasteiger charge is -2.11. The molecule has 1 amide bonds. The van der Waals surface area contributed by atoms with Gasteiger partial charge in [-0.25, -0.2) is 9.37 Å². The van der Waals surface area contributed by atoms with Crippen LogP contribution in [0.1, 0.15) is 29.8 Å². The predicted molar refractivity (Wildman–Crippen MR) is 82.9 cm³/mol. The van der Waals surface area contributed by atoms with Gasteiger partial charge in [0.2, 0.25) is 5.91 Å². The van der Waals surface area contributed by atoms with E-state index in [9.17, 15) is 9.18 Å². The lowest BCUT2D eigenvalue weighted by Crippen LogP contribution is -2.30. The number of anilines is 1. The average molecular weight is 307 g/mol. The van der Waals surface area contributed by atoms with E-state index in [0.717, 1.165) is 11.4 Å². The minimum atomic E-state index is -0.324. The van der Waals surface area contributed by atoms with E-state index in [1.807, 2.05) is 13.1 Å². The van der Waals surface area contributed by atoms with Gasteiger partial charge in [-0.2, -0.15) is 0 Å². The summed E-state index contributed by atoms with van der Waals surface area (Å²) in [6, 6.07) is 5.71. The Kier molecular flexibility index (Phi) is 5.41. The molecular formula is C15H18FN3OS. The third-order valence-electron chi connectivity index (χ3n) is 2.99. The fraction of sp³-hybridized carbons (Fsp3) is 0.333. The van der Waals surface area contributed by atoms with Crippen molar-refractivity contribution in [3.63, 3.8) is 0 Å². The number of aromatic nitrogens is 1. The van der Waals surface area contributed by atoms with Gasteiger partial charge in [0, 0.05) is 16.8 Å². The van der Waals surface area contributed by atoms with Crippen molar-refractivity contribution in [3.8, 4) is 0 Å². The van der Waals surface area contributed by atoms with Crippen LogP contribution in [-0.2, 0) is 11.2 Å². The van der Waals surface area contributed by atoms with E-state index in [1.54, 1.807) is 11.3 Å². The standard InChI is InChI=1S/C15H18FN3OS/c1-3-13-8-18-15(21-13)10(2)17-9-14(20)19-12-6-4-11(16)5-7-12/h4-8,10,17H,3,9H2,1-2H3,(H,19,20). The number of thiazole rings is 1. The summed E-state index contributed by atoms with van der Waals surface area (Å²) < 4.78 is 12.8. The number of amides is 1. The molecule has 1 atom stereocenters. The number of rotatable bonds is 6. The molecule has 0 saturated heterocycles. The summed E-state index contributed by atoms with van der Waals surface area (Å²) in [6.07, 6.45) is 2.84. The Morgan fingerprint density at radius 2 is 2.10 bits per heavy atom. The maximum Gasteiger partial charge on any atom is 0.238 e. The van der Waals surface area contributed by atoms with Gasteiger partial charge in [0.25, 0.3) is 0 Å². The molecule has 4 nitrogen and oxygen atoms in total. The summed E-state index contributed by atoms with van der Waals surface area (Å²) in [4.78, 5) is 17.4. The molecule has 1 aromatic heterocycles. The van der Waals surface area contributed by atoms with E-state index in [0.29, 0.717) is 5.69 Å². The van der Waals surface area contributed by atoms with Crippen LogP contribution in [0.25, 0.3) is 0 Å². The van der Waals surface area contributed by atoms with Gasteiger partial charge in [-0.05, 0) is 37.6 Å². The third-order valence-corrected chi connectivity index (χ3v) is 4.31. The zero-order valence-corrected chi connectivity index (χ0v) is 12.8. The Bertz CT molecular complexity index is 597. The summed E-state index contributed by atoms with van der Waals surface area (Å²) in [5.74, 6) is -0.490. The van der Waals surface area contributed by atoms with Crippen LogP contribution in [0.3, 0.4) is 0 Å². The highest BCUT2D eigenvalue weighted by molar-refractivity contribution is 7.11. The molecule has 6 heteroatoms. The van der Waals surface area contributed by atoms with Crippen LogP contribution in [0.4, 0.5) is 10.1 Å². The normalized spacial score (nSPS) is 12.1. The first kappa shape index (κ1) is 15.6. The second-order valence-corrected chi connectivity index (χ2v) is 5.82. The third kappa shape index (κ3) is 4.61. The highest BCUT2D eigenvalue weighted by atomic mass is 32.1. The van der Waals surface area contributed by atoms with Gasteiger partial charge in [0.1, 0.15) is 10.8 Å². The monoisotopic (exact) mass is 307 g/mol. The molecule has 2 aromatic rings. The van der Waals surface area contributed by atoms with Crippen molar-refractivity contribution in [2.75, 3.05) is 11.9 Å². The fourth-order valence-corrected chi connectivity index (χ4v) is 2.64. The molecule has 1 unspecified atom stereocenters. The first-order valence-corrected chi connectivity index (χ1v) is 7.63. The number of carbonyl (C=O) groups excluding carboxylic acids is 1. The Labute approximate surface area is 127 Å². The smallest absolute Gasteiger partial charge is 0.238 e. The number of nitrogens with zero attached hydrogens (tertiary/aromatic N) is 1. The van der Waals surface area contributed by atoms with Crippen molar-refractivity contribution in [3.05, 3.63) is 46.2 Å². The molecule has 1 aromatic carbocycles. The largest absolute Gasteiger partial charge is 0.325 e. The number of hydrogen-bond acceptors (Lipinski definition) is 4. The Morgan fingerprint density at radius 1 is 1.38 bits per heavy atom. The Morgan fingerprint density at radius 3 is 2.71 bits per heavy atom. The van der Waals surface area contributed by atoms with Gasteiger partial charge in [-0.1, -0.05) is 6.92 Å². The van der Waals surface area contributed by atoms with Crippen LogP contribution in [0.2, 0.25) is 0 Å². The Hall–Kier alpha value is -1.79. The average Bonchev–Trinajstić information content (AvgIpc) is 2.96. The molecule has 112 valence electrons. The molecule has 2 rings (SSSR count). The SMILES string of the molecule is CCc1cnc(C(C)NCC(=O)Nc2ccc(F)cc2)s1. The number of aryl methyl sites for hydroxylation is 1. The molecule has 0 fully saturated rings. The molecule has 0 spiro atoms. The van der Waals surface area contributed by atoms with Crippen molar-refractivity contribution in [1.29, 1.82) is 0 Å². The lowest BCUT2D eigenvalue weighted by atomic mass is 10.3. The van der Waals surface area contributed by atoms with E-state index in [1.165, 1.54) is 29.1 Å². The van der Waals surface area contributed by atoms with Gasteiger partial charge in [-0.15, -0.1) is 11.3 Å². The van der Waals surface area contributed by atoms with Crippen molar-refractivity contribution < 1.29 is 9.18 Å². The van der Waals surface area contributed by atoms with Crippen molar-refractivity contribution >= 4 is 22.9 Å². The second kappa shape index (κ2) is 7.28. The second-order valence-electron chi connectivity index (χ2n) is 4.68. The zero-order chi connectivity index (χ0) is 15.2. The molecule has 0 aliphatic rings. The van der Waals surface area contributed by atoms with Crippen molar-refractivity contribution in [1.82, 2.24) is 10.3 Å². The number of carbonyl (C=O) groups is 1. The van der Waals surface area contributed by atoms with Gasteiger partial charge in [0.05, 0.1) is 12.6 Å². The molecule has 0 radical (unpaired) electrons. The summed E-state index contributed by atoms with van der Waals surface area (Å²) in [6.45, 7) is 4.24. The van der Waals surface area contributed by atoms with Gasteiger partial charge in [-0.3, -0.25) is 10.1 Å². The number of hydrogen-bond donors (Lipinski definition) is 2. The topological polar surface area (TPSA) is 54.0 Å². The summed E-state index contributed by atoms with van der Waals surface area (Å²) in [5.41, 5.74) is 0.582. The van der Waals surface area contributed by atoms with Crippen LogP contribution >= 0.6 is 11.3 Å². The van der Waals surface area contributed by atoms with Crippen molar-refractivity contribution in [2.24, 2.45) is 0 Å². The molecule has 0 bridgehead atoms. The minimum absolute atomic E-state index is 0.0225. The number of benzene rings is 1. The van der Waals surface area contributed by atoms with E-state index in [2.05, 4.69) is 22.5 Å². The highest BCUT2D eigenvalue weighted by Crippen LogP contribution is 2.19. The first-order chi connectivity index (χ1) is 10.1. The van der Waals surface area contributed by atoms with Crippen molar-refractivity contribution in [2.45, 2.75) is 26.3 Å². The highest BCUT2D eigenvalue weighted by Gasteiger charge is 2.11. The van der Waals surface area contributed by atoms with E-state index < -0.39 is 0 Å². The minimum Gasteiger partial charge on any atom is -0.325 e. The van der Waals surface area contributed by atoms with E-state index in [-0.39, 0.29) is 24.3 Å². The quantitative estimate of drug-likeness (QED) is 0.862. The summed E-state index contributed by atoms with van der Waals surface area (Å²) in [7, 11) is 0. The summed E-state index contributed by atoms with van der Waals surface area (Å²) >= 11 is 1.65. The molecular weight excluding hydrogens is 289 g/mol. The maximum atomic E-state index is 12.8. The van der Waals surface area contributed by atoms with Crippen LogP contribution in [0, 0.1) is 5.82 Å². The maximum absolute atomic E-state index is 12.8. The molecule has 21 heavy (non-hydrogen) atoms. The zero-order valence-electron chi connectivity index (χ0n) is 12.0. The van der Waals surface area contributed by atoms with Crippen LogP contribution in [-0.4, -0.2) is 17.4 Å². The molecule has 0 aliphatic carbocycles. The number of nitrogens with one attached hydrogen (secondary N) is 2. The van der Waals surface area contributed by atoms with Gasteiger partial charge >= 0.3 is 0 Å². The van der Waals surface area contributed by atoms with Crippen LogP contribution in [0.15, 0.2) is 30.5 Å². The predicted octanol–water partition coefficient (Wildman–Crippen LogP) is 3.13. The fourth-order valence-electron chi connectivity index (χ4n) is 1.76. The van der Waals surface area contributed by atoms with Gasteiger partial charge < -0.3 is 5.32 Å². The van der Waals surface area contributed by atoms with Gasteiger partial charge in [0.15, 0.2) is 0 Å². The van der Waals surface area contributed by atoms with Crippen LogP contribution in [0.5, 0.6) is 0 Å². The van der Waals surface area contributed by atoms with E-state index in [4.69, 9.17) is 0 Å². The molecule has 2 N–H and O–H groups in total. The first-order valence-electron chi connectivity index (χ1n) is 6.82. The summed E-state index contributed by atoms with van der Waals surface area (Å²) in [5, 5.41) is 6.81. The molecule has 0 aliphatic heterocycles. The molecule has 1 heterocycles. The van der Waals surface area contributed by atoms with Crippen LogP contribution < -0.4 is 10.6 Å². The van der Waals surface area contributed by atoms with E-state index >= 15 is 0 Å².